The van der Waals surface area contributed by atoms with Crippen molar-refractivity contribution in [3.8, 4) is 0 Å². The van der Waals surface area contributed by atoms with E-state index in [1.807, 2.05) is 13.0 Å². The Balaban J connectivity index is 2.25. The molecule has 1 aromatic heterocycles. The molecule has 1 aliphatic heterocycles. The van der Waals surface area contributed by atoms with E-state index in [0.717, 1.165) is 15.8 Å². The Bertz CT molecular complexity index is 516. The summed E-state index contributed by atoms with van der Waals surface area (Å²) < 4.78 is 9.63. The van der Waals surface area contributed by atoms with Crippen LogP contribution in [-0.2, 0) is 19.9 Å². The fourth-order valence-electron chi connectivity index (χ4n) is 1.52. The van der Waals surface area contributed by atoms with Crippen molar-refractivity contribution in [2.24, 2.45) is 0 Å². The molecule has 0 fully saturated rings. The predicted octanol–water partition coefficient (Wildman–Crippen LogP) is 2.41. The number of carbonyl (C=O) groups is 2. The highest BCUT2D eigenvalue weighted by atomic mass is 32.1. The van der Waals surface area contributed by atoms with Gasteiger partial charge in [0, 0.05) is 4.88 Å². The van der Waals surface area contributed by atoms with Crippen molar-refractivity contribution in [2.45, 2.75) is 19.4 Å². The molecular weight excluding hydrogens is 244 g/mol. The number of hydrogen-bond acceptors (Lipinski definition) is 5. The Morgan fingerprint density at radius 3 is 2.76 bits per heavy atom. The highest BCUT2D eigenvalue weighted by molar-refractivity contribution is 7.12. The van der Waals surface area contributed by atoms with Crippen molar-refractivity contribution in [3.63, 3.8) is 0 Å². The molecule has 1 aromatic rings. The van der Waals surface area contributed by atoms with E-state index in [1.54, 1.807) is 13.0 Å². The van der Waals surface area contributed by atoms with Crippen LogP contribution >= 0.6 is 11.3 Å². The van der Waals surface area contributed by atoms with Gasteiger partial charge in [-0.2, -0.15) is 0 Å². The Kier molecular flexibility index (Phi) is 2.66. The monoisotopic (exact) mass is 254 g/mol. The number of aryl methyl sites for hydroxylation is 1. The standard InChI is InChI=1S/C11H10O5S/c1-6-3-4-8(17-6)11(2)7(12)5-9(16-11)15-10(13)14/h3-5H,1-2H3,(H,13,14). The number of ether oxygens (including phenoxy) is 2. The van der Waals surface area contributed by atoms with Crippen LogP contribution in [0.25, 0.3) is 0 Å². The first-order valence-corrected chi connectivity index (χ1v) is 5.66. The van der Waals surface area contributed by atoms with E-state index in [0.29, 0.717) is 0 Å². The van der Waals surface area contributed by atoms with E-state index < -0.39 is 11.8 Å². The van der Waals surface area contributed by atoms with Crippen LogP contribution in [0, 0.1) is 6.92 Å². The molecule has 0 aliphatic carbocycles. The summed E-state index contributed by atoms with van der Waals surface area (Å²) in [5.41, 5.74) is -1.18. The van der Waals surface area contributed by atoms with E-state index >= 15 is 0 Å². The zero-order chi connectivity index (χ0) is 12.6. The molecular formula is C11H10O5S. The van der Waals surface area contributed by atoms with Gasteiger partial charge in [-0.05, 0) is 26.0 Å². The molecule has 0 saturated heterocycles. The molecule has 1 aliphatic rings. The summed E-state index contributed by atoms with van der Waals surface area (Å²) >= 11 is 1.43. The number of hydrogen-bond donors (Lipinski definition) is 1. The van der Waals surface area contributed by atoms with Gasteiger partial charge in [-0.1, -0.05) is 0 Å². The van der Waals surface area contributed by atoms with E-state index in [9.17, 15) is 9.59 Å². The second kappa shape index (κ2) is 3.89. The summed E-state index contributed by atoms with van der Waals surface area (Å²) in [5, 5.41) is 8.45. The maximum atomic E-state index is 11.8. The zero-order valence-electron chi connectivity index (χ0n) is 9.22. The summed E-state index contributed by atoms with van der Waals surface area (Å²) in [6.07, 6.45) is -0.445. The van der Waals surface area contributed by atoms with Crippen molar-refractivity contribution >= 4 is 23.3 Å². The van der Waals surface area contributed by atoms with Gasteiger partial charge in [0.15, 0.2) is 0 Å². The molecule has 6 heteroatoms. The van der Waals surface area contributed by atoms with Gasteiger partial charge in [-0.3, -0.25) is 4.79 Å². The first-order valence-electron chi connectivity index (χ1n) is 4.84. The highest BCUT2D eigenvalue weighted by Gasteiger charge is 2.44. The van der Waals surface area contributed by atoms with Gasteiger partial charge in [0.25, 0.3) is 5.95 Å². The van der Waals surface area contributed by atoms with E-state index in [2.05, 4.69) is 4.74 Å². The van der Waals surface area contributed by atoms with Gasteiger partial charge >= 0.3 is 6.16 Å². The first kappa shape index (κ1) is 11.7. The maximum absolute atomic E-state index is 11.8. The SMILES string of the molecule is Cc1ccc(C2(C)OC(OC(=O)O)=CC2=O)s1. The van der Waals surface area contributed by atoms with Crippen LogP contribution in [0.3, 0.4) is 0 Å². The maximum Gasteiger partial charge on any atom is 0.513 e. The minimum atomic E-state index is -1.50. The number of ketones is 1. The fourth-order valence-corrected chi connectivity index (χ4v) is 2.48. The molecule has 2 rings (SSSR count). The van der Waals surface area contributed by atoms with Crippen LogP contribution in [0.5, 0.6) is 0 Å². The van der Waals surface area contributed by atoms with Gasteiger partial charge in [-0.15, -0.1) is 11.3 Å². The number of rotatable bonds is 2. The molecule has 1 atom stereocenters. The summed E-state index contributed by atoms with van der Waals surface area (Å²) in [6, 6.07) is 3.66. The fraction of sp³-hybridized carbons (Fsp3) is 0.273. The molecule has 1 N–H and O–H groups in total. The lowest BCUT2D eigenvalue weighted by molar-refractivity contribution is -0.132. The Morgan fingerprint density at radius 1 is 1.53 bits per heavy atom. The minimum Gasteiger partial charge on any atom is -0.449 e. The average Bonchev–Trinajstić information content (AvgIpc) is 2.73. The Labute approximate surface area is 101 Å². The van der Waals surface area contributed by atoms with Crippen LogP contribution in [0.15, 0.2) is 24.2 Å². The number of carbonyl (C=O) groups excluding carboxylic acids is 1. The summed E-state index contributed by atoms with van der Waals surface area (Å²) in [5.74, 6) is -0.605. The lowest BCUT2D eigenvalue weighted by atomic mass is 10.0. The average molecular weight is 254 g/mol. The lowest BCUT2D eigenvalue weighted by Crippen LogP contribution is -2.28. The van der Waals surface area contributed by atoms with Crippen LogP contribution in [0.2, 0.25) is 0 Å². The summed E-state index contributed by atoms with van der Waals surface area (Å²) in [4.78, 5) is 24.0. The normalized spacial score (nSPS) is 23.2. The third kappa shape index (κ3) is 2.03. The molecule has 90 valence electrons. The second-order valence-electron chi connectivity index (χ2n) is 3.74. The van der Waals surface area contributed by atoms with Crippen molar-refractivity contribution in [1.29, 1.82) is 0 Å². The van der Waals surface area contributed by atoms with Crippen molar-refractivity contribution in [3.05, 3.63) is 33.9 Å². The van der Waals surface area contributed by atoms with Gasteiger partial charge in [0.05, 0.1) is 11.0 Å². The molecule has 0 amide bonds. The number of carboxylic acid groups (broad SMARTS) is 1. The Morgan fingerprint density at radius 2 is 2.24 bits per heavy atom. The third-order valence-corrected chi connectivity index (χ3v) is 3.63. The molecule has 0 radical (unpaired) electrons. The van der Waals surface area contributed by atoms with Crippen molar-refractivity contribution < 1.29 is 24.2 Å². The molecule has 1 unspecified atom stereocenters. The topological polar surface area (TPSA) is 72.8 Å². The van der Waals surface area contributed by atoms with Gasteiger partial charge in [0.1, 0.15) is 0 Å². The van der Waals surface area contributed by atoms with Crippen molar-refractivity contribution in [1.82, 2.24) is 0 Å². The van der Waals surface area contributed by atoms with Gasteiger partial charge in [0.2, 0.25) is 11.4 Å². The third-order valence-electron chi connectivity index (χ3n) is 2.42. The largest absolute Gasteiger partial charge is 0.513 e. The van der Waals surface area contributed by atoms with Crippen LogP contribution < -0.4 is 0 Å². The quantitative estimate of drug-likeness (QED) is 0.820. The predicted molar refractivity (Wildman–Crippen MR) is 59.7 cm³/mol. The molecule has 0 saturated carbocycles. The molecule has 0 spiro atoms. The Hall–Kier alpha value is -1.82. The van der Waals surface area contributed by atoms with Gasteiger partial charge < -0.3 is 14.6 Å². The molecule has 0 aromatic carbocycles. The molecule has 17 heavy (non-hydrogen) atoms. The van der Waals surface area contributed by atoms with Crippen LogP contribution in [-0.4, -0.2) is 17.0 Å². The van der Waals surface area contributed by atoms with E-state index in [1.165, 1.54) is 11.3 Å². The highest BCUT2D eigenvalue weighted by Crippen LogP contribution is 2.38. The summed E-state index contributed by atoms with van der Waals surface area (Å²) in [7, 11) is 0. The molecule has 5 nitrogen and oxygen atoms in total. The zero-order valence-corrected chi connectivity index (χ0v) is 10.0. The van der Waals surface area contributed by atoms with E-state index in [4.69, 9.17) is 9.84 Å². The second-order valence-corrected chi connectivity index (χ2v) is 5.03. The van der Waals surface area contributed by atoms with Crippen LogP contribution in [0.1, 0.15) is 16.7 Å². The lowest BCUT2D eigenvalue weighted by Gasteiger charge is -2.21. The van der Waals surface area contributed by atoms with E-state index in [-0.39, 0.29) is 11.7 Å². The van der Waals surface area contributed by atoms with Gasteiger partial charge in [-0.25, -0.2) is 4.79 Å². The smallest absolute Gasteiger partial charge is 0.449 e. The first-order chi connectivity index (χ1) is 7.91. The number of thiophene rings is 1. The van der Waals surface area contributed by atoms with Crippen molar-refractivity contribution in [2.75, 3.05) is 0 Å². The molecule has 2 heterocycles. The molecule has 0 bridgehead atoms. The summed E-state index contributed by atoms with van der Waals surface area (Å²) in [6.45, 7) is 3.51. The minimum absolute atomic E-state index is 0.281. The van der Waals surface area contributed by atoms with Crippen LogP contribution in [0.4, 0.5) is 4.79 Å².